The fraction of sp³-hybridized carbons (Fsp3) is 0.0909. The van der Waals surface area contributed by atoms with Crippen LogP contribution in [-0.2, 0) is 0 Å². The summed E-state index contributed by atoms with van der Waals surface area (Å²) in [6, 6.07) is 3.08. The second-order valence-electron chi connectivity index (χ2n) is 3.54. The van der Waals surface area contributed by atoms with Crippen LogP contribution in [0.1, 0.15) is 5.56 Å². The van der Waals surface area contributed by atoms with Crippen molar-refractivity contribution in [2.24, 2.45) is 0 Å². The first-order chi connectivity index (χ1) is 8.47. The summed E-state index contributed by atoms with van der Waals surface area (Å²) in [6.45, 7) is 1.80. The minimum atomic E-state index is -0.308. The van der Waals surface area contributed by atoms with E-state index in [1.165, 1.54) is 6.07 Å². The van der Waals surface area contributed by atoms with Crippen LogP contribution < -0.4 is 5.32 Å². The Bertz CT molecular complexity index is 607. The van der Waals surface area contributed by atoms with Gasteiger partial charge < -0.3 is 5.32 Å². The van der Waals surface area contributed by atoms with Crippen molar-refractivity contribution in [1.29, 1.82) is 0 Å². The van der Waals surface area contributed by atoms with Crippen molar-refractivity contribution in [3.8, 4) is 0 Å². The van der Waals surface area contributed by atoms with E-state index in [9.17, 15) is 4.39 Å². The number of hydrogen-bond acceptors (Lipinski definition) is 3. The second-order valence-corrected chi connectivity index (χ2v) is 5.59. The van der Waals surface area contributed by atoms with E-state index in [-0.39, 0.29) is 11.1 Å². The molecule has 3 nitrogen and oxygen atoms in total. The molecule has 0 unspecified atom stereocenters. The number of rotatable bonds is 2. The minimum Gasteiger partial charge on any atom is -0.339 e. The Kier molecular flexibility index (Phi) is 4.19. The monoisotopic (exact) mass is 393 g/mol. The molecule has 7 heteroatoms. The van der Waals surface area contributed by atoms with Gasteiger partial charge in [0.05, 0.1) is 8.95 Å². The molecule has 1 heterocycles. The SMILES string of the molecule is Cc1cc(F)c(Br)cc1Nc1nc(Cl)ncc1Br. The van der Waals surface area contributed by atoms with Gasteiger partial charge in [0, 0.05) is 11.9 Å². The molecule has 1 aromatic carbocycles. The van der Waals surface area contributed by atoms with E-state index in [0.717, 1.165) is 11.3 Å². The quantitative estimate of drug-likeness (QED) is 0.739. The first kappa shape index (κ1) is 13.7. The maximum absolute atomic E-state index is 13.3. The highest BCUT2D eigenvalue weighted by atomic mass is 79.9. The van der Waals surface area contributed by atoms with Gasteiger partial charge >= 0.3 is 0 Å². The predicted octanol–water partition coefficient (Wildman–Crippen LogP) is 4.85. The lowest BCUT2D eigenvalue weighted by atomic mass is 10.2. The zero-order chi connectivity index (χ0) is 13.3. The van der Waals surface area contributed by atoms with E-state index in [1.54, 1.807) is 19.2 Å². The fourth-order valence-electron chi connectivity index (χ4n) is 1.34. The summed E-state index contributed by atoms with van der Waals surface area (Å²) in [5.41, 5.74) is 1.50. The predicted molar refractivity (Wildman–Crippen MR) is 76.9 cm³/mol. The van der Waals surface area contributed by atoms with Crippen LogP contribution in [0.5, 0.6) is 0 Å². The third-order valence-electron chi connectivity index (χ3n) is 2.24. The van der Waals surface area contributed by atoms with Crippen molar-refractivity contribution < 1.29 is 4.39 Å². The number of anilines is 2. The first-order valence-electron chi connectivity index (χ1n) is 4.88. The van der Waals surface area contributed by atoms with E-state index in [0.29, 0.717) is 14.8 Å². The Morgan fingerprint density at radius 1 is 1.28 bits per heavy atom. The molecule has 0 amide bonds. The summed E-state index contributed by atoms with van der Waals surface area (Å²) in [5, 5.41) is 3.21. The standard InChI is InChI=1S/C11H7Br2ClFN3/c1-5-2-8(15)6(12)3-9(5)17-10-7(13)4-16-11(14)18-10/h2-4H,1H3,(H,16,17,18). The van der Waals surface area contributed by atoms with Crippen LogP contribution in [0.15, 0.2) is 27.3 Å². The number of hydrogen-bond donors (Lipinski definition) is 1. The van der Waals surface area contributed by atoms with Gasteiger partial charge in [-0.3, -0.25) is 0 Å². The number of nitrogens with zero attached hydrogens (tertiary/aromatic N) is 2. The molecule has 0 saturated carbocycles. The second kappa shape index (κ2) is 5.50. The van der Waals surface area contributed by atoms with E-state index in [4.69, 9.17) is 11.6 Å². The molecule has 0 bridgehead atoms. The molecule has 0 radical (unpaired) electrons. The summed E-state index contributed by atoms with van der Waals surface area (Å²) in [7, 11) is 0. The smallest absolute Gasteiger partial charge is 0.224 e. The minimum absolute atomic E-state index is 0.138. The molecule has 1 N–H and O–H groups in total. The zero-order valence-electron chi connectivity index (χ0n) is 9.14. The average Bonchev–Trinajstić information content (AvgIpc) is 2.30. The topological polar surface area (TPSA) is 37.8 Å². The van der Waals surface area contributed by atoms with Gasteiger partial charge in [-0.15, -0.1) is 0 Å². The summed E-state index contributed by atoms with van der Waals surface area (Å²) < 4.78 is 14.4. The van der Waals surface area contributed by atoms with Crippen LogP contribution in [0, 0.1) is 12.7 Å². The van der Waals surface area contributed by atoms with Crippen LogP contribution in [0.3, 0.4) is 0 Å². The lowest BCUT2D eigenvalue weighted by Crippen LogP contribution is -1.99. The van der Waals surface area contributed by atoms with Crippen molar-refractivity contribution >= 4 is 55.0 Å². The lowest BCUT2D eigenvalue weighted by Gasteiger charge is -2.11. The Hall–Kier alpha value is -0.720. The average molecular weight is 395 g/mol. The fourth-order valence-corrected chi connectivity index (χ4v) is 2.11. The molecule has 18 heavy (non-hydrogen) atoms. The highest BCUT2D eigenvalue weighted by Gasteiger charge is 2.09. The number of aryl methyl sites for hydroxylation is 1. The molecule has 0 saturated heterocycles. The molecule has 0 fully saturated rings. The van der Waals surface area contributed by atoms with Gasteiger partial charge in [0.15, 0.2) is 0 Å². The molecule has 94 valence electrons. The molecule has 0 spiro atoms. The Balaban J connectivity index is 2.40. The highest BCUT2D eigenvalue weighted by Crippen LogP contribution is 2.29. The van der Waals surface area contributed by atoms with Gasteiger partial charge in [0.25, 0.3) is 0 Å². The van der Waals surface area contributed by atoms with Crippen molar-refractivity contribution in [2.45, 2.75) is 6.92 Å². The molecule has 0 aliphatic heterocycles. The van der Waals surface area contributed by atoms with Crippen LogP contribution in [0.25, 0.3) is 0 Å². The van der Waals surface area contributed by atoms with E-state index in [2.05, 4.69) is 47.1 Å². The van der Waals surface area contributed by atoms with Crippen molar-refractivity contribution in [3.63, 3.8) is 0 Å². The Morgan fingerprint density at radius 2 is 2.00 bits per heavy atom. The third kappa shape index (κ3) is 2.99. The first-order valence-corrected chi connectivity index (χ1v) is 6.84. The van der Waals surface area contributed by atoms with E-state index >= 15 is 0 Å². The van der Waals surface area contributed by atoms with Crippen molar-refractivity contribution in [3.05, 3.63) is 43.9 Å². The van der Waals surface area contributed by atoms with E-state index < -0.39 is 0 Å². The summed E-state index contributed by atoms with van der Waals surface area (Å²) >= 11 is 12.2. The van der Waals surface area contributed by atoms with Crippen LogP contribution in [-0.4, -0.2) is 9.97 Å². The maximum atomic E-state index is 13.3. The van der Waals surface area contributed by atoms with Crippen molar-refractivity contribution in [1.82, 2.24) is 9.97 Å². The molecular formula is C11H7Br2ClFN3. The summed E-state index contributed by atoms with van der Waals surface area (Å²) in [5.74, 6) is 0.217. The Labute approximate surface area is 125 Å². The largest absolute Gasteiger partial charge is 0.339 e. The van der Waals surface area contributed by atoms with Gasteiger partial charge in [-0.05, 0) is 68.1 Å². The zero-order valence-corrected chi connectivity index (χ0v) is 13.1. The molecule has 1 aromatic heterocycles. The highest BCUT2D eigenvalue weighted by molar-refractivity contribution is 9.10. The maximum Gasteiger partial charge on any atom is 0.224 e. The van der Waals surface area contributed by atoms with Gasteiger partial charge in [-0.2, -0.15) is 4.98 Å². The third-order valence-corrected chi connectivity index (χ3v) is 3.61. The number of halogens is 4. The number of benzene rings is 1. The molecular weight excluding hydrogens is 388 g/mol. The number of aromatic nitrogens is 2. The normalized spacial score (nSPS) is 10.5. The van der Waals surface area contributed by atoms with Crippen LogP contribution in [0.2, 0.25) is 5.28 Å². The molecule has 0 atom stereocenters. The van der Waals surface area contributed by atoms with Crippen LogP contribution >= 0.6 is 43.5 Å². The number of nitrogens with one attached hydrogen (secondary N) is 1. The molecule has 0 aliphatic carbocycles. The Morgan fingerprint density at radius 3 is 2.72 bits per heavy atom. The lowest BCUT2D eigenvalue weighted by molar-refractivity contribution is 0.620. The van der Waals surface area contributed by atoms with Gasteiger partial charge in [0.1, 0.15) is 11.6 Å². The van der Waals surface area contributed by atoms with Gasteiger partial charge in [-0.1, -0.05) is 0 Å². The molecule has 2 rings (SSSR count). The van der Waals surface area contributed by atoms with E-state index in [1.807, 2.05) is 0 Å². The van der Waals surface area contributed by atoms with Crippen molar-refractivity contribution in [2.75, 3.05) is 5.32 Å². The van der Waals surface area contributed by atoms with Gasteiger partial charge in [-0.25, -0.2) is 9.37 Å². The molecule has 2 aromatic rings. The van der Waals surface area contributed by atoms with Gasteiger partial charge in [0.2, 0.25) is 5.28 Å². The van der Waals surface area contributed by atoms with Crippen LogP contribution in [0.4, 0.5) is 15.9 Å². The summed E-state index contributed by atoms with van der Waals surface area (Å²) in [4.78, 5) is 7.88. The summed E-state index contributed by atoms with van der Waals surface area (Å²) in [6.07, 6.45) is 1.55. The molecule has 0 aliphatic rings.